The quantitative estimate of drug-likeness (QED) is 0.336. The van der Waals surface area contributed by atoms with Crippen molar-refractivity contribution < 1.29 is 4.79 Å². The smallest absolute Gasteiger partial charge is 0.173 e. The molecule has 30 heavy (non-hydrogen) atoms. The van der Waals surface area contributed by atoms with Crippen LogP contribution >= 0.6 is 11.8 Å². The molecule has 0 saturated carbocycles. The molecule has 0 aliphatic carbocycles. The molecule has 0 unspecified atom stereocenters. The first-order valence-corrected chi connectivity index (χ1v) is 11.2. The van der Waals surface area contributed by atoms with Crippen molar-refractivity contribution in [2.75, 3.05) is 41.7 Å². The SMILES string of the molecule is Cc1ccc(C(=O)CSc2cc(N3CCN(c4ccccc4)CC3)ncn2)c(C)c1. The van der Waals surface area contributed by atoms with Gasteiger partial charge in [-0.05, 0) is 31.5 Å². The molecule has 2 heterocycles. The van der Waals surface area contributed by atoms with Crippen LogP contribution in [0.1, 0.15) is 21.5 Å². The zero-order chi connectivity index (χ0) is 20.9. The number of anilines is 2. The van der Waals surface area contributed by atoms with Crippen molar-refractivity contribution in [1.82, 2.24) is 9.97 Å². The topological polar surface area (TPSA) is 49.3 Å². The van der Waals surface area contributed by atoms with Gasteiger partial charge < -0.3 is 9.80 Å². The van der Waals surface area contributed by atoms with Crippen LogP contribution in [0.2, 0.25) is 0 Å². The lowest BCUT2D eigenvalue weighted by atomic mass is 10.0. The molecule has 5 nitrogen and oxygen atoms in total. The van der Waals surface area contributed by atoms with Crippen LogP contribution < -0.4 is 9.80 Å². The fourth-order valence-corrected chi connectivity index (χ4v) is 4.50. The lowest BCUT2D eigenvalue weighted by molar-refractivity contribution is 0.102. The Balaban J connectivity index is 1.36. The molecule has 3 aromatic rings. The van der Waals surface area contributed by atoms with Crippen molar-refractivity contribution in [3.05, 3.63) is 77.6 Å². The molecule has 1 aliphatic heterocycles. The van der Waals surface area contributed by atoms with E-state index in [1.165, 1.54) is 23.0 Å². The third-order valence-electron chi connectivity index (χ3n) is 5.39. The first-order chi connectivity index (χ1) is 14.6. The number of aromatic nitrogens is 2. The van der Waals surface area contributed by atoms with Gasteiger partial charge in [-0.1, -0.05) is 53.7 Å². The Morgan fingerprint density at radius 2 is 1.67 bits per heavy atom. The van der Waals surface area contributed by atoms with E-state index < -0.39 is 0 Å². The summed E-state index contributed by atoms with van der Waals surface area (Å²) in [5.74, 6) is 1.44. The van der Waals surface area contributed by atoms with E-state index in [0.717, 1.165) is 48.1 Å². The Labute approximate surface area is 182 Å². The summed E-state index contributed by atoms with van der Waals surface area (Å²) in [6.45, 7) is 7.78. The van der Waals surface area contributed by atoms with E-state index in [1.54, 1.807) is 6.33 Å². The number of carbonyl (C=O) groups is 1. The minimum absolute atomic E-state index is 0.133. The monoisotopic (exact) mass is 418 g/mol. The van der Waals surface area contributed by atoms with Gasteiger partial charge in [-0.15, -0.1) is 0 Å². The minimum Gasteiger partial charge on any atom is -0.368 e. The van der Waals surface area contributed by atoms with Crippen LogP contribution in [-0.2, 0) is 0 Å². The maximum absolute atomic E-state index is 12.6. The molecule has 0 radical (unpaired) electrons. The normalized spacial score (nSPS) is 14.1. The summed E-state index contributed by atoms with van der Waals surface area (Å²) < 4.78 is 0. The number of thioether (sulfide) groups is 1. The third kappa shape index (κ3) is 4.82. The Morgan fingerprint density at radius 1 is 0.933 bits per heavy atom. The number of rotatable bonds is 6. The van der Waals surface area contributed by atoms with E-state index in [1.807, 2.05) is 38.1 Å². The van der Waals surface area contributed by atoms with Crippen LogP contribution in [-0.4, -0.2) is 47.7 Å². The molecule has 0 bridgehead atoms. The summed E-state index contributed by atoms with van der Waals surface area (Å²) >= 11 is 1.47. The minimum atomic E-state index is 0.133. The Hall–Kier alpha value is -2.86. The Kier molecular flexibility index (Phi) is 6.33. The molecule has 0 amide bonds. The average molecular weight is 419 g/mol. The number of ketones is 1. The van der Waals surface area contributed by atoms with E-state index in [2.05, 4.69) is 50.1 Å². The van der Waals surface area contributed by atoms with Crippen LogP contribution in [0.3, 0.4) is 0 Å². The summed E-state index contributed by atoms with van der Waals surface area (Å²) in [6, 6.07) is 18.5. The fraction of sp³-hybridized carbons (Fsp3) is 0.292. The zero-order valence-corrected chi connectivity index (χ0v) is 18.2. The molecule has 0 atom stereocenters. The summed E-state index contributed by atoms with van der Waals surface area (Å²) in [5.41, 5.74) is 4.25. The van der Waals surface area contributed by atoms with Crippen molar-refractivity contribution in [3.8, 4) is 0 Å². The summed E-state index contributed by atoms with van der Waals surface area (Å²) in [4.78, 5) is 26.1. The van der Waals surface area contributed by atoms with E-state index in [-0.39, 0.29) is 5.78 Å². The number of para-hydroxylation sites is 1. The Morgan fingerprint density at radius 3 is 2.40 bits per heavy atom. The second-order valence-electron chi connectivity index (χ2n) is 7.55. The maximum atomic E-state index is 12.6. The van der Waals surface area contributed by atoms with Gasteiger partial charge in [0.25, 0.3) is 0 Å². The lowest BCUT2D eigenvalue weighted by Crippen LogP contribution is -2.46. The van der Waals surface area contributed by atoms with Gasteiger partial charge in [-0.25, -0.2) is 9.97 Å². The molecule has 154 valence electrons. The Bertz CT molecular complexity index is 1020. The highest BCUT2D eigenvalue weighted by Gasteiger charge is 2.19. The predicted octanol–water partition coefficient (Wildman–Crippen LogP) is 4.40. The van der Waals surface area contributed by atoms with Crippen molar-refractivity contribution in [1.29, 1.82) is 0 Å². The molecular formula is C24H26N4OS. The number of hydrogen-bond acceptors (Lipinski definition) is 6. The number of hydrogen-bond donors (Lipinski definition) is 0. The van der Waals surface area contributed by atoms with Crippen molar-refractivity contribution in [2.45, 2.75) is 18.9 Å². The van der Waals surface area contributed by atoms with E-state index in [0.29, 0.717) is 5.75 Å². The van der Waals surface area contributed by atoms with Crippen LogP contribution in [0.25, 0.3) is 0 Å². The molecular weight excluding hydrogens is 392 g/mol. The van der Waals surface area contributed by atoms with Gasteiger partial charge >= 0.3 is 0 Å². The van der Waals surface area contributed by atoms with E-state index in [4.69, 9.17) is 0 Å². The summed E-state index contributed by atoms with van der Waals surface area (Å²) in [6.07, 6.45) is 1.60. The highest BCUT2D eigenvalue weighted by atomic mass is 32.2. The van der Waals surface area contributed by atoms with Gasteiger partial charge in [0.05, 0.1) is 5.75 Å². The van der Waals surface area contributed by atoms with Gasteiger partial charge in [0.15, 0.2) is 5.78 Å². The fourth-order valence-electron chi connectivity index (χ4n) is 3.76. The number of nitrogens with zero attached hydrogens (tertiary/aromatic N) is 4. The zero-order valence-electron chi connectivity index (χ0n) is 17.4. The molecule has 0 N–H and O–H groups in total. The number of Topliss-reactive ketones (excluding diaryl/α,β-unsaturated/α-hetero) is 1. The lowest BCUT2D eigenvalue weighted by Gasteiger charge is -2.36. The molecule has 1 saturated heterocycles. The molecule has 1 aromatic heterocycles. The highest BCUT2D eigenvalue weighted by molar-refractivity contribution is 7.99. The third-order valence-corrected chi connectivity index (χ3v) is 6.31. The van der Waals surface area contributed by atoms with Crippen molar-refractivity contribution in [2.24, 2.45) is 0 Å². The van der Waals surface area contributed by atoms with Crippen LogP contribution in [0.5, 0.6) is 0 Å². The second-order valence-corrected chi connectivity index (χ2v) is 8.55. The van der Waals surface area contributed by atoms with Crippen LogP contribution in [0.15, 0.2) is 66.0 Å². The highest BCUT2D eigenvalue weighted by Crippen LogP contribution is 2.24. The number of carbonyl (C=O) groups excluding carboxylic acids is 1. The van der Waals surface area contributed by atoms with Gasteiger partial charge in [-0.3, -0.25) is 4.79 Å². The van der Waals surface area contributed by atoms with Crippen molar-refractivity contribution >= 4 is 29.1 Å². The van der Waals surface area contributed by atoms with E-state index in [9.17, 15) is 4.79 Å². The molecule has 2 aromatic carbocycles. The van der Waals surface area contributed by atoms with Gasteiger partial charge in [0.2, 0.25) is 0 Å². The second kappa shape index (κ2) is 9.30. The molecule has 4 rings (SSSR count). The largest absolute Gasteiger partial charge is 0.368 e. The first kappa shape index (κ1) is 20.4. The number of benzene rings is 2. The number of aryl methyl sites for hydroxylation is 2. The molecule has 0 spiro atoms. The number of piperazine rings is 1. The summed E-state index contributed by atoms with van der Waals surface area (Å²) in [5, 5.41) is 0.837. The van der Waals surface area contributed by atoms with Crippen molar-refractivity contribution in [3.63, 3.8) is 0 Å². The standard InChI is InChI=1S/C24H26N4OS/c1-18-8-9-21(19(2)14-18)22(29)16-30-24-15-23(25-17-26-24)28-12-10-27(11-13-28)20-6-4-3-5-7-20/h3-9,14-15,17H,10-13,16H2,1-2H3. The molecule has 1 aliphatic rings. The predicted molar refractivity (Wildman–Crippen MR) is 124 cm³/mol. The van der Waals surface area contributed by atoms with Gasteiger partial charge in [0.1, 0.15) is 17.2 Å². The average Bonchev–Trinajstić information content (AvgIpc) is 2.78. The molecule has 1 fully saturated rings. The first-order valence-electron chi connectivity index (χ1n) is 10.2. The van der Waals surface area contributed by atoms with Gasteiger partial charge in [0, 0.05) is 43.5 Å². The van der Waals surface area contributed by atoms with Crippen LogP contribution in [0.4, 0.5) is 11.5 Å². The summed E-state index contributed by atoms with van der Waals surface area (Å²) in [7, 11) is 0. The maximum Gasteiger partial charge on any atom is 0.173 e. The molecule has 6 heteroatoms. The van der Waals surface area contributed by atoms with E-state index >= 15 is 0 Å². The van der Waals surface area contributed by atoms with Crippen LogP contribution in [0, 0.1) is 13.8 Å². The van der Waals surface area contributed by atoms with Gasteiger partial charge in [-0.2, -0.15) is 0 Å².